The molecule has 0 saturated carbocycles. The molecule has 1 aromatic heterocycles. The van der Waals surface area contributed by atoms with Gasteiger partial charge in [0.1, 0.15) is 0 Å². The minimum absolute atomic E-state index is 0.415. The standard InChI is InChI=1S/C13H17N5O/c1-3-10-12(7-18(2)17-10)16-11-6-8(13(15)19)4-5-9(11)14/h4-7,16H,3,14H2,1-2H3,(H2,15,19). The molecule has 0 saturated heterocycles. The summed E-state index contributed by atoms with van der Waals surface area (Å²) in [6.07, 6.45) is 2.67. The Morgan fingerprint density at radius 3 is 2.79 bits per heavy atom. The Morgan fingerprint density at radius 1 is 1.42 bits per heavy atom. The highest BCUT2D eigenvalue weighted by Crippen LogP contribution is 2.26. The Hall–Kier alpha value is -2.50. The van der Waals surface area contributed by atoms with E-state index < -0.39 is 5.91 Å². The summed E-state index contributed by atoms with van der Waals surface area (Å²) >= 11 is 0. The second-order valence-electron chi connectivity index (χ2n) is 4.31. The third-order valence-electron chi connectivity index (χ3n) is 2.85. The molecular weight excluding hydrogens is 242 g/mol. The Morgan fingerprint density at radius 2 is 2.16 bits per heavy atom. The number of amides is 1. The fourth-order valence-electron chi connectivity index (χ4n) is 1.86. The summed E-state index contributed by atoms with van der Waals surface area (Å²) in [5, 5.41) is 7.53. The molecule has 0 atom stereocenters. The summed E-state index contributed by atoms with van der Waals surface area (Å²) in [7, 11) is 1.85. The average molecular weight is 259 g/mol. The molecule has 0 spiro atoms. The normalized spacial score (nSPS) is 10.4. The number of rotatable bonds is 4. The van der Waals surface area contributed by atoms with Gasteiger partial charge in [-0.1, -0.05) is 6.92 Å². The predicted octanol–water partition coefficient (Wildman–Crippen LogP) is 1.41. The van der Waals surface area contributed by atoms with Crippen molar-refractivity contribution in [1.29, 1.82) is 0 Å². The molecule has 5 N–H and O–H groups in total. The van der Waals surface area contributed by atoms with Crippen LogP contribution in [0, 0.1) is 0 Å². The van der Waals surface area contributed by atoms with E-state index in [-0.39, 0.29) is 0 Å². The quantitative estimate of drug-likeness (QED) is 0.723. The SMILES string of the molecule is CCc1nn(C)cc1Nc1cc(C(N)=O)ccc1N. The average Bonchev–Trinajstić information content (AvgIpc) is 2.72. The number of nitrogens with one attached hydrogen (secondary N) is 1. The molecule has 0 unspecified atom stereocenters. The lowest BCUT2D eigenvalue weighted by Gasteiger charge is -2.09. The Labute approximate surface area is 111 Å². The van der Waals surface area contributed by atoms with Crippen molar-refractivity contribution in [1.82, 2.24) is 9.78 Å². The Bertz CT molecular complexity index is 617. The van der Waals surface area contributed by atoms with Crippen molar-refractivity contribution in [2.45, 2.75) is 13.3 Å². The van der Waals surface area contributed by atoms with E-state index in [2.05, 4.69) is 10.4 Å². The molecule has 1 heterocycles. The van der Waals surface area contributed by atoms with E-state index in [1.54, 1.807) is 22.9 Å². The Balaban J connectivity index is 2.36. The lowest BCUT2D eigenvalue weighted by atomic mass is 10.1. The molecule has 6 nitrogen and oxygen atoms in total. The van der Waals surface area contributed by atoms with Gasteiger partial charge >= 0.3 is 0 Å². The fourth-order valence-corrected chi connectivity index (χ4v) is 1.86. The highest BCUT2D eigenvalue weighted by Gasteiger charge is 2.09. The molecule has 0 aliphatic carbocycles. The summed E-state index contributed by atoms with van der Waals surface area (Å²) in [6.45, 7) is 2.02. The minimum Gasteiger partial charge on any atom is -0.397 e. The van der Waals surface area contributed by atoms with Crippen LogP contribution in [-0.2, 0) is 13.5 Å². The molecule has 2 rings (SSSR count). The minimum atomic E-state index is -0.482. The predicted molar refractivity (Wildman–Crippen MR) is 75.2 cm³/mol. The number of carbonyl (C=O) groups is 1. The third-order valence-corrected chi connectivity index (χ3v) is 2.85. The van der Waals surface area contributed by atoms with Crippen LogP contribution in [0.2, 0.25) is 0 Å². The van der Waals surface area contributed by atoms with E-state index in [1.165, 1.54) is 0 Å². The van der Waals surface area contributed by atoms with E-state index >= 15 is 0 Å². The van der Waals surface area contributed by atoms with Crippen molar-refractivity contribution in [3.8, 4) is 0 Å². The van der Waals surface area contributed by atoms with Crippen LogP contribution in [-0.4, -0.2) is 15.7 Å². The van der Waals surface area contributed by atoms with Crippen molar-refractivity contribution in [2.24, 2.45) is 12.8 Å². The van der Waals surface area contributed by atoms with Gasteiger partial charge < -0.3 is 16.8 Å². The van der Waals surface area contributed by atoms with Gasteiger partial charge in [0.25, 0.3) is 0 Å². The van der Waals surface area contributed by atoms with Gasteiger partial charge in [-0.05, 0) is 24.6 Å². The first-order chi connectivity index (χ1) is 9.01. The van der Waals surface area contributed by atoms with Crippen LogP contribution in [0.25, 0.3) is 0 Å². The number of primary amides is 1. The number of carbonyl (C=O) groups excluding carboxylic acids is 1. The molecule has 0 radical (unpaired) electrons. The number of nitrogens with zero attached hydrogens (tertiary/aromatic N) is 2. The fraction of sp³-hybridized carbons (Fsp3) is 0.231. The van der Waals surface area contributed by atoms with Crippen molar-refractivity contribution in [3.05, 3.63) is 35.7 Å². The van der Waals surface area contributed by atoms with Crippen LogP contribution >= 0.6 is 0 Å². The van der Waals surface area contributed by atoms with E-state index in [0.29, 0.717) is 16.9 Å². The molecule has 1 aromatic carbocycles. The first-order valence-electron chi connectivity index (χ1n) is 6.00. The van der Waals surface area contributed by atoms with Crippen LogP contribution in [0.15, 0.2) is 24.4 Å². The Kier molecular flexibility index (Phi) is 3.41. The maximum Gasteiger partial charge on any atom is 0.248 e. The summed E-state index contributed by atoms with van der Waals surface area (Å²) in [4.78, 5) is 11.2. The highest BCUT2D eigenvalue weighted by molar-refractivity contribution is 5.95. The molecule has 0 fully saturated rings. The molecule has 0 aliphatic heterocycles. The molecule has 19 heavy (non-hydrogen) atoms. The zero-order chi connectivity index (χ0) is 14.0. The van der Waals surface area contributed by atoms with Crippen molar-refractivity contribution < 1.29 is 4.79 Å². The molecule has 0 bridgehead atoms. The number of aromatic nitrogens is 2. The van der Waals surface area contributed by atoms with E-state index in [9.17, 15) is 4.79 Å². The zero-order valence-corrected chi connectivity index (χ0v) is 11.0. The molecule has 2 aromatic rings. The van der Waals surface area contributed by atoms with Crippen LogP contribution in [0.5, 0.6) is 0 Å². The van der Waals surface area contributed by atoms with E-state index in [4.69, 9.17) is 11.5 Å². The summed E-state index contributed by atoms with van der Waals surface area (Å²) in [5.74, 6) is -0.482. The van der Waals surface area contributed by atoms with Crippen molar-refractivity contribution in [3.63, 3.8) is 0 Å². The smallest absolute Gasteiger partial charge is 0.248 e. The van der Waals surface area contributed by atoms with Gasteiger partial charge in [-0.15, -0.1) is 0 Å². The van der Waals surface area contributed by atoms with Gasteiger partial charge in [-0.25, -0.2) is 0 Å². The molecule has 6 heteroatoms. The number of benzene rings is 1. The number of aryl methyl sites for hydroxylation is 2. The molecule has 0 aliphatic rings. The summed E-state index contributed by atoms with van der Waals surface area (Å²) in [5.41, 5.74) is 14.6. The van der Waals surface area contributed by atoms with E-state index in [1.807, 2.05) is 20.2 Å². The van der Waals surface area contributed by atoms with Crippen molar-refractivity contribution in [2.75, 3.05) is 11.1 Å². The maximum absolute atomic E-state index is 11.2. The zero-order valence-electron chi connectivity index (χ0n) is 11.0. The van der Waals surface area contributed by atoms with Gasteiger partial charge in [0.05, 0.1) is 22.8 Å². The molecule has 1 amide bonds. The third kappa shape index (κ3) is 2.67. The van der Waals surface area contributed by atoms with Crippen LogP contribution in [0.4, 0.5) is 17.1 Å². The van der Waals surface area contributed by atoms with Crippen LogP contribution in [0.1, 0.15) is 23.0 Å². The highest BCUT2D eigenvalue weighted by atomic mass is 16.1. The number of nitrogen functional groups attached to an aromatic ring is 1. The number of hydrogen-bond donors (Lipinski definition) is 3. The largest absolute Gasteiger partial charge is 0.397 e. The van der Waals surface area contributed by atoms with Gasteiger partial charge in [-0.2, -0.15) is 5.10 Å². The lowest BCUT2D eigenvalue weighted by molar-refractivity contribution is 0.100. The van der Waals surface area contributed by atoms with Gasteiger partial charge in [0, 0.05) is 18.8 Å². The molecule has 100 valence electrons. The van der Waals surface area contributed by atoms with Gasteiger partial charge in [0.2, 0.25) is 5.91 Å². The number of anilines is 3. The second kappa shape index (κ2) is 5.01. The van der Waals surface area contributed by atoms with Gasteiger partial charge in [-0.3, -0.25) is 9.48 Å². The van der Waals surface area contributed by atoms with E-state index in [0.717, 1.165) is 17.8 Å². The summed E-state index contributed by atoms with van der Waals surface area (Å²) in [6, 6.07) is 4.90. The van der Waals surface area contributed by atoms with Crippen molar-refractivity contribution >= 4 is 23.0 Å². The summed E-state index contributed by atoms with van der Waals surface area (Å²) < 4.78 is 1.73. The lowest BCUT2D eigenvalue weighted by Crippen LogP contribution is -2.11. The topological polar surface area (TPSA) is 99.0 Å². The number of hydrogen-bond acceptors (Lipinski definition) is 4. The maximum atomic E-state index is 11.2. The monoisotopic (exact) mass is 259 g/mol. The van der Waals surface area contributed by atoms with Crippen LogP contribution in [0.3, 0.4) is 0 Å². The number of nitrogens with two attached hydrogens (primary N) is 2. The first kappa shape index (κ1) is 12.9. The molecular formula is C13H17N5O. The first-order valence-corrected chi connectivity index (χ1v) is 6.00. The van der Waals surface area contributed by atoms with Crippen LogP contribution < -0.4 is 16.8 Å². The van der Waals surface area contributed by atoms with Gasteiger partial charge in [0.15, 0.2) is 0 Å². The second-order valence-corrected chi connectivity index (χ2v) is 4.31.